The number of thioether (sulfide) groups is 1. The molecule has 0 spiro atoms. The van der Waals surface area contributed by atoms with Crippen LogP contribution in [0.15, 0.2) is 77.7 Å². The van der Waals surface area contributed by atoms with E-state index in [9.17, 15) is 5.11 Å². The standard InChI is InChI=1S/C27H32F2OSSi/c1-32(2,3)19-11-10-12-22-17-18-23(20-22)21-26(30,24-13-6-4-7-14-24)27(28,29)31-25-15-8-5-9-16-25/h4-9,13-18,22-23,30H,10,12,20-21H2,1-3H3/t22-,23-,26?/m1/s1. The molecule has 0 saturated heterocycles. The summed E-state index contributed by atoms with van der Waals surface area (Å²) >= 11 is 0.429. The Labute approximate surface area is 196 Å². The smallest absolute Gasteiger partial charge is 0.330 e. The Kier molecular flexibility index (Phi) is 8.03. The SMILES string of the molecule is C[Si](C)(C)C#CCC[C@@H]1C=C[C@@H](CC(O)(c2ccccc2)C(F)(F)Sc2ccccc2)C1. The lowest BCUT2D eigenvalue weighted by molar-refractivity contribution is -0.137. The Bertz CT molecular complexity index is 960. The minimum absolute atomic E-state index is 0.0164. The van der Waals surface area contributed by atoms with Gasteiger partial charge in [0.25, 0.3) is 0 Å². The average Bonchev–Trinajstić information content (AvgIpc) is 3.18. The highest BCUT2D eigenvalue weighted by Gasteiger charge is 2.55. The summed E-state index contributed by atoms with van der Waals surface area (Å²) in [5.41, 5.74) is 1.37. The number of allylic oxidation sites excluding steroid dienone is 2. The minimum Gasteiger partial charge on any atom is -0.378 e. The zero-order chi connectivity index (χ0) is 23.2. The first-order chi connectivity index (χ1) is 15.1. The molecule has 0 fully saturated rings. The first kappa shape index (κ1) is 24.8. The number of hydrogen-bond donors (Lipinski definition) is 1. The Morgan fingerprint density at radius 1 is 0.969 bits per heavy atom. The predicted molar refractivity (Wildman–Crippen MR) is 133 cm³/mol. The summed E-state index contributed by atoms with van der Waals surface area (Å²) in [6, 6.07) is 16.9. The van der Waals surface area contributed by atoms with E-state index in [4.69, 9.17) is 0 Å². The van der Waals surface area contributed by atoms with Crippen molar-refractivity contribution in [1.29, 1.82) is 0 Å². The summed E-state index contributed by atoms with van der Waals surface area (Å²) in [5.74, 6) is 3.52. The lowest BCUT2D eigenvalue weighted by Gasteiger charge is -2.37. The third-order valence-corrected chi connectivity index (χ3v) is 7.67. The summed E-state index contributed by atoms with van der Waals surface area (Å²) in [5, 5.41) is 8.12. The lowest BCUT2D eigenvalue weighted by atomic mass is 9.83. The highest BCUT2D eigenvalue weighted by atomic mass is 32.2. The van der Waals surface area contributed by atoms with Gasteiger partial charge in [0.05, 0.1) is 0 Å². The van der Waals surface area contributed by atoms with Crippen LogP contribution in [0.4, 0.5) is 8.78 Å². The van der Waals surface area contributed by atoms with Gasteiger partial charge in [-0.05, 0) is 60.6 Å². The van der Waals surface area contributed by atoms with Crippen molar-refractivity contribution in [3.63, 3.8) is 0 Å². The zero-order valence-electron chi connectivity index (χ0n) is 19.0. The van der Waals surface area contributed by atoms with Crippen molar-refractivity contribution < 1.29 is 13.9 Å². The van der Waals surface area contributed by atoms with Crippen molar-refractivity contribution in [2.24, 2.45) is 11.8 Å². The van der Waals surface area contributed by atoms with Crippen LogP contribution < -0.4 is 0 Å². The molecule has 0 amide bonds. The van der Waals surface area contributed by atoms with Crippen LogP contribution in [0, 0.1) is 23.3 Å². The van der Waals surface area contributed by atoms with Crippen molar-refractivity contribution in [3.8, 4) is 11.5 Å². The van der Waals surface area contributed by atoms with Crippen LogP contribution in [0.2, 0.25) is 19.6 Å². The van der Waals surface area contributed by atoms with Crippen molar-refractivity contribution in [1.82, 2.24) is 0 Å². The summed E-state index contributed by atoms with van der Waals surface area (Å²) in [7, 11) is -1.37. The molecule has 1 aliphatic carbocycles. The van der Waals surface area contributed by atoms with Crippen LogP contribution in [0.1, 0.15) is 31.2 Å². The Morgan fingerprint density at radius 3 is 2.19 bits per heavy atom. The Balaban J connectivity index is 1.73. The second kappa shape index (κ2) is 10.4. The maximum absolute atomic E-state index is 15.6. The Morgan fingerprint density at radius 2 is 1.56 bits per heavy atom. The topological polar surface area (TPSA) is 20.2 Å². The third-order valence-electron chi connectivity index (χ3n) is 5.64. The van der Waals surface area contributed by atoms with Crippen LogP contribution in [0.25, 0.3) is 0 Å². The normalized spacial score (nSPS) is 20.4. The fraction of sp³-hybridized carbons (Fsp3) is 0.407. The first-order valence-electron chi connectivity index (χ1n) is 11.2. The molecule has 2 aromatic carbocycles. The summed E-state index contributed by atoms with van der Waals surface area (Å²) in [6.07, 6.45) is 6.65. The second-order valence-corrected chi connectivity index (χ2v) is 15.5. The van der Waals surface area contributed by atoms with E-state index in [-0.39, 0.29) is 17.9 Å². The lowest BCUT2D eigenvalue weighted by Crippen LogP contribution is -2.44. The van der Waals surface area contributed by atoms with Gasteiger partial charge in [-0.1, -0.05) is 80.3 Å². The molecule has 0 aromatic heterocycles. The van der Waals surface area contributed by atoms with Crippen LogP contribution in [-0.2, 0) is 5.60 Å². The number of aliphatic hydroxyl groups is 1. The van der Waals surface area contributed by atoms with E-state index < -0.39 is 18.9 Å². The summed E-state index contributed by atoms with van der Waals surface area (Å²) < 4.78 is 31.3. The predicted octanol–water partition coefficient (Wildman–Crippen LogP) is 7.50. The largest absolute Gasteiger partial charge is 0.378 e. The maximum Gasteiger partial charge on any atom is 0.330 e. The van der Waals surface area contributed by atoms with Crippen LogP contribution in [-0.4, -0.2) is 18.4 Å². The van der Waals surface area contributed by atoms with Crippen LogP contribution in [0.3, 0.4) is 0 Å². The molecule has 0 bridgehead atoms. The number of rotatable bonds is 8. The van der Waals surface area contributed by atoms with E-state index in [1.54, 1.807) is 60.7 Å². The molecule has 0 heterocycles. The van der Waals surface area contributed by atoms with Gasteiger partial charge >= 0.3 is 5.25 Å². The van der Waals surface area contributed by atoms with Crippen molar-refractivity contribution >= 4 is 19.8 Å². The molecular formula is C27H32F2OSSi. The van der Waals surface area contributed by atoms with Gasteiger partial charge < -0.3 is 5.11 Å². The van der Waals surface area contributed by atoms with Gasteiger partial charge in [0, 0.05) is 11.3 Å². The van der Waals surface area contributed by atoms with E-state index in [1.807, 2.05) is 6.08 Å². The maximum atomic E-state index is 15.6. The molecule has 0 saturated carbocycles. The highest BCUT2D eigenvalue weighted by molar-refractivity contribution is 8.00. The number of hydrogen-bond acceptors (Lipinski definition) is 2. The van der Waals surface area contributed by atoms with Gasteiger partial charge in [0.15, 0.2) is 5.60 Å². The number of benzene rings is 2. The molecule has 0 aliphatic heterocycles. The molecule has 0 radical (unpaired) electrons. The third kappa shape index (κ3) is 6.57. The molecule has 1 N–H and O–H groups in total. The van der Waals surface area contributed by atoms with Crippen molar-refractivity contribution in [2.75, 3.05) is 0 Å². The van der Waals surface area contributed by atoms with Crippen molar-refractivity contribution in [3.05, 3.63) is 78.4 Å². The van der Waals surface area contributed by atoms with Gasteiger partial charge in [-0.2, -0.15) is 8.78 Å². The van der Waals surface area contributed by atoms with Crippen molar-refractivity contribution in [2.45, 2.75) is 61.1 Å². The molecule has 3 rings (SSSR count). The molecule has 32 heavy (non-hydrogen) atoms. The van der Waals surface area contributed by atoms with Gasteiger partial charge in [-0.15, -0.1) is 11.5 Å². The zero-order valence-corrected chi connectivity index (χ0v) is 20.8. The molecule has 5 heteroatoms. The quantitative estimate of drug-likeness (QED) is 0.186. The number of halogens is 2. The summed E-state index contributed by atoms with van der Waals surface area (Å²) in [4.78, 5) is 0.438. The van der Waals surface area contributed by atoms with Gasteiger partial charge in [0.2, 0.25) is 0 Å². The second-order valence-electron chi connectivity index (χ2n) is 9.59. The van der Waals surface area contributed by atoms with Crippen LogP contribution in [0.5, 0.6) is 0 Å². The monoisotopic (exact) mass is 470 g/mol. The Hall–Kier alpha value is -1.87. The van der Waals surface area contributed by atoms with Crippen LogP contribution >= 0.6 is 11.8 Å². The molecular weight excluding hydrogens is 438 g/mol. The average molecular weight is 471 g/mol. The van der Waals surface area contributed by atoms with E-state index in [0.29, 0.717) is 22.6 Å². The molecule has 170 valence electrons. The highest BCUT2D eigenvalue weighted by Crippen LogP contribution is 2.52. The summed E-state index contributed by atoms with van der Waals surface area (Å²) in [6.45, 7) is 6.68. The fourth-order valence-electron chi connectivity index (χ4n) is 4.03. The van der Waals surface area contributed by atoms with E-state index in [0.717, 1.165) is 19.3 Å². The molecule has 2 aromatic rings. The molecule has 1 nitrogen and oxygen atoms in total. The van der Waals surface area contributed by atoms with E-state index in [2.05, 4.69) is 37.2 Å². The van der Waals surface area contributed by atoms with E-state index >= 15 is 8.78 Å². The van der Waals surface area contributed by atoms with E-state index in [1.165, 1.54) is 0 Å². The molecule has 1 aliphatic rings. The molecule has 3 atom stereocenters. The minimum atomic E-state index is -3.38. The van der Waals surface area contributed by atoms with Gasteiger partial charge in [-0.25, -0.2) is 0 Å². The fourth-order valence-corrected chi connectivity index (χ4v) is 5.64. The number of alkyl halides is 2. The van der Waals surface area contributed by atoms with Gasteiger partial charge in [0.1, 0.15) is 8.07 Å². The van der Waals surface area contributed by atoms with Gasteiger partial charge in [-0.3, -0.25) is 0 Å². The molecule has 1 unspecified atom stereocenters. The first-order valence-corrected chi connectivity index (χ1v) is 15.5.